The molecule has 6 nitrogen and oxygen atoms in total. The molecule has 0 saturated carbocycles. The Labute approximate surface area is 63.4 Å². The number of hydrogen-bond donors (Lipinski definition) is 2. The quantitative estimate of drug-likeness (QED) is 0.587. The molecule has 6 heteroatoms. The number of nitrogens with two attached hydrogens (primary N) is 2. The number of hydrogen-bond acceptors (Lipinski definition) is 4. The van der Waals surface area contributed by atoms with Crippen LogP contribution in [0.4, 0.5) is 9.59 Å². The fraction of sp³-hybridized carbons (Fsp3) is 0.600. The summed E-state index contributed by atoms with van der Waals surface area (Å²) in [5.74, 6) is 0. The fourth-order valence-electron chi connectivity index (χ4n) is 0.432. The van der Waals surface area contributed by atoms with Crippen LogP contribution in [0, 0.1) is 0 Å². The Balaban J connectivity index is 3.44. The lowest BCUT2D eigenvalue weighted by Gasteiger charge is -2.09. The molecule has 0 aliphatic rings. The summed E-state index contributed by atoms with van der Waals surface area (Å²) in [4.78, 5) is 20.1. The first kappa shape index (κ1) is 9.54. The molecule has 0 aromatic heterocycles. The van der Waals surface area contributed by atoms with Gasteiger partial charge in [0, 0.05) is 0 Å². The van der Waals surface area contributed by atoms with Crippen LogP contribution in [0.2, 0.25) is 0 Å². The Morgan fingerprint density at radius 3 is 2.27 bits per heavy atom. The van der Waals surface area contributed by atoms with Crippen molar-refractivity contribution in [3.63, 3.8) is 0 Å². The Bertz CT molecular complexity index is 159. The van der Waals surface area contributed by atoms with E-state index in [-0.39, 0.29) is 6.61 Å². The van der Waals surface area contributed by atoms with Gasteiger partial charge in [-0.3, -0.25) is 0 Å². The first-order valence-electron chi connectivity index (χ1n) is 2.90. The SMILES string of the molecule is CC(COC(N)=O)OC(N)=O. The summed E-state index contributed by atoms with van der Waals surface area (Å²) in [6.45, 7) is 1.44. The Kier molecular flexibility index (Phi) is 3.79. The normalized spacial score (nSPS) is 11.7. The average molecular weight is 162 g/mol. The third kappa shape index (κ3) is 6.42. The van der Waals surface area contributed by atoms with Crippen molar-refractivity contribution in [3.05, 3.63) is 0 Å². The smallest absolute Gasteiger partial charge is 0.404 e. The van der Waals surface area contributed by atoms with Gasteiger partial charge in [-0.05, 0) is 6.92 Å². The number of rotatable bonds is 3. The minimum absolute atomic E-state index is 0.0850. The molecule has 0 saturated heterocycles. The topological polar surface area (TPSA) is 105 Å². The largest absolute Gasteiger partial charge is 0.446 e. The van der Waals surface area contributed by atoms with Gasteiger partial charge in [-0.1, -0.05) is 0 Å². The zero-order valence-electron chi connectivity index (χ0n) is 6.07. The highest BCUT2D eigenvalue weighted by Gasteiger charge is 2.06. The van der Waals surface area contributed by atoms with Crippen molar-refractivity contribution in [2.75, 3.05) is 6.61 Å². The second-order valence-electron chi connectivity index (χ2n) is 1.88. The average Bonchev–Trinajstić information content (AvgIpc) is 1.82. The van der Waals surface area contributed by atoms with E-state index < -0.39 is 18.3 Å². The Morgan fingerprint density at radius 1 is 1.36 bits per heavy atom. The second-order valence-corrected chi connectivity index (χ2v) is 1.88. The summed E-state index contributed by atoms with van der Waals surface area (Å²) in [7, 11) is 0. The van der Waals surface area contributed by atoms with Crippen LogP contribution < -0.4 is 11.5 Å². The van der Waals surface area contributed by atoms with Crippen LogP contribution in [0.5, 0.6) is 0 Å². The molecule has 0 aromatic carbocycles. The third-order valence-corrected chi connectivity index (χ3v) is 0.778. The van der Waals surface area contributed by atoms with E-state index in [0.29, 0.717) is 0 Å². The maximum Gasteiger partial charge on any atom is 0.404 e. The zero-order valence-corrected chi connectivity index (χ0v) is 6.07. The van der Waals surface area contributed by atoms with Crippen molar-refractivity contribution in [2.45, 2.75) is 13.0 Å². The summed E-state index contributed by atoms with van der Waals surface area (Å²) in [5.41, 5.74) is 9.31. The van der Waals surface area contributed by atoms with E-state index in [9.17, 15) is 9.59 Å². The summed E-state index contributed by atoms with van der Waals surface area (Å²) in [6.07, 6.45) is -2.39. The van der Waals surface area contributed by atoms with Gasteiger partial charge < -0.3 is 20.9 Å². The third-order valence-electron chi connectivity index (χ3n) is 0.778. The molecule has 0 aliphatic heterocycles. The van der Waals surface area contributed by atoms with Crippen molar-refractivity contribution in [1.82, 2.24) is 0 Å². The zero-order chi connectivity index (χ0) is 8.85. The van der Waals surface area contributed by atoms with E-state index >= 15 is 0 Å². The first-order valence-corrected chi connectivity index (χ1v) is 2.90. The van der Waals surface area contributed by atoms with Gasteiger partial charge in [0.05, 0.1) is 0 Å². The van der Waals surface area contributed by atoms with Gasteiger partial charge in [0.1, 0.15) is 12.7 Å². The summed E-state index contributed by atoms with van der Waals surface area (Å²) in [6, 6.07) is 0. The summed E-state index contributed by atoms with van der Waals surface area (Å²) in [5, 5.41) is 0. The standard InChI is InChI=1S/C5H10N2O4/c1-3(11-5(7)9)2-10-4(6)8/h3H,2H2,1H3,(H2,6,8)(H2,7,9). The molecule has 0 bridgehead atoms. The highest BCUT2D eigenvalue weighted by atomic mass is 16.6. The maximum atomic E-state index is 10.1. The molecule has 1 unspecified atom stereocenters. The predicted octanol–water partition coefficient (Wildman–Crippen LogP) is -0.435. The highest BCUT2D eigenvalue weighted by Crippen LogP contribution is 1.90. The fourth-order valence-corrected chi connectivity index (χ4v) is 0.432. The van der Waals surface area contributed by atoms with Crippen LogP contribution >= 0.6 is 0 Å². The van der Waals surface area contributed by atoms with Gasteiger partial charge in [-0.25, -0.2) is 9.59 Å². The van der Waals surface area contributed by atoms with Crippen molar-refractivity contribution in [2.24, 2.45) is 11.5 Å². The molecule has 0 aromatic rings. The van der Waals surface area contributed by atoms with Crippen LogP contribution in [0.1, 0.15) is 6.92 Å². The monoisotopic (exact) mass is 162 g/mol. The lowest BCUT2D eigenvalue weighted by Crippen LogP contribution is -2.26. The minimum atomic E-state index is -0.912. The van der Waals surface area contributed by atoms with E-state index in [1.165, 1.54) is 6.92 Å². The molecule has 0 fully saturated rings. The molecule has 0 spiro atoms. The van der Waals surface area contributed by atoms with Gasteiger partial charge in [0.2, 0.25) is 0 Å². The summed E-state index contributed by atoms with van der Waals surface area (Å²) >= 11 is 0. The van der Waals surface area contributed by atoms with Gasteiger partial charge in [-0.2, -0.15) is 0 Å². The van der Waals surface area contributed by atoms with E-state index in [1.807, 2.05) is 0 Å². The van der Waals surface area contributed by atoms with Crippen molar-refractivity contribution >= 4 is 12.2 Å². The highest BCUT2D eigenvalue weighted by molar-refractivity contribution is 5.65. The van der Waals surface area contributed by atoms with E-state index in [2.05, 4.69) is 20.9 Å². The van der Waals surface area contributed by atoms with Crippen LogP contribution in [0.15, 0.2) is 0 Å². The first-order chi connectivity index (χ1) is 5.02. The molecule has 11 heavy (non-hydrogen) atoms. The number of amides is 2. The van der Waals surface area contributed by atoms with Crippen LogP contribution in [-0.2, 0) is 9.47 Å². The van der Waals surface area contributed by atoms with Crippen molar-refractivity contribution in [3.8, 4) is 0 Å². The number of ether oxygens (including phenoxy) is 2. The molecule has 0 rings (SSSR count). The van der Waals surface area contributed by atoms with Crippen LogP contribution in [0.3, 0.4) is 0 Å². The van der Waals surface area contributed by atoms with Crippen LogP contribution in [-0.4, -0.2) is 24.9 Å². The van der Waals surface area contributed by atoms with Crippen molar-refractivity contribution < 1.29 is 19.1 Å². The Hall–Kier alpha value is -1.46. The van der Waals surface area contributed by atoms with Crippen LogP contribution in [0.25, 0.3) is 0 Å². The number of carbonyl (C=O) groups excluding carboxylic acids is 2. The van der Waals surface area contributed by atoms with Gasteiger partial charge in [0.25, 0.3) is 0 Å². The summed E-state index contributed by atoms with van der Waals surface area (Å²) < 4.78 is 8.72. The maximum absolute atomic E-state index is 10.1. The van der Waals surface area contributed by atoms with E-state index in [4.69, 9.17) is 0 Å². The molecular formula is C5H10N2O4. The molecule has 64 valence electrons. The molecule has 0 radical (unpaired) electrons. The van der Waals surface area contributed by atoms with E-state index in [0.717, 1.165) is 0 Å². The van der Waals surface area contributed by atoms with Gasteiger partial charge >= 0.3 is 12.2 Å². The van der Waals surface area contributed by atoms with Crippen molar-refractivity contribution in [1.29, 1.82) is 0 Å². The molecule has 4 N–H and O–H groups in total. The lowest BCUT2D eigenvalue weighted by molar-refractivity contribution is 0.0611. The van der Waals surface area contributed by atoms with Gasteiger partial charge in [0.15, 0.2) is 0 Å². The second kappa shape index (κ2) is 4.37. The molecule has 0 heterocycles. The number of primary amides is 2. The predicted molar refractivity (Wildman–Crippen MR) is 35.7 cm³/mol. The molecule has 1 atom stereocenters. The molecule has 0 aliphatic carbocycles. The molecule has 2 amide bonds. The van der Waals surface area contributed by atoms with Gasteiger partial charge in [-0.15, -0.1) is 0 Å². The minimum Gasteiger partial charge on any atom is -0.446 e. The Morgan fingerprint density at radius 2 is 1.91 bits per heavy atom. The molecular weight excluding hydrogens is 152 g/mol. The lowest BCUT2D eigenvalue weighted by atomic mass is 10.4. The van der Waals surface area contributed by atoms with E-state index in [1.54, 1.807) is 0 Å². The number of carbonyl (C=O) groups is 2.